The number of hydrogen-bond acceptors (Lipinski definition) is 3. The number of carbonyl (C=O) groups excluding carboxylic acids is 1. The lowest BCUT2D eigenvalue weighted by Crippen LogP contribution is -2.48. The molecule has 6 heteroatoms. The van der Waals surface area contributed by atoms with Gasteiger partial charge < -0.3 is 19.9 Å². The molecule has 3 rings (SSSR count). The standard InChI is InChI=1S/C17H23N3O2S/c1-22-14-8-6-13(7-9-14)18-17(23)20-12-4-5-15(20)16(21)19-10-2-3-11-19/h6-9,15H,2-5,10-12H2,1H3,(H,18,23)/t15-/m1/s1. The predicted molar refractivity (Wildman–Crippen MR) is 94.8 cm³/mol. The van der Waals surface area contributed by atoms with Gasteiger partial charge in [-0.2, -0.15) is 0 Å². The maximum Gasteiger partial charge on any atom is 0.245 e. The highest BCUT2D eigenvalue weighted by Crippen LogP contribution is 2.23. The van der Waals surface area contributed by atoms with Crippen molar-refractivity contribution >= 4 is 28.9 Å². The first-order valence-electron chi connectivity index (χ1n) is 8.19. The number of nitrogens with zero attached hydrogens (tertiary/aromatic N) is 2. The normalized spacial score (nSPS) is 20.7. The predicted octanol–water partition coefficient (Wildman–Crippen LogP) is 2.48. The van der Waals surface area contributed by atoms with Crippen LogP contribution in [0, 0.1) is 0 Å². The molecule has 0 unspecified atom stereocenters. The smallest absolute Gasteiger partial charge is 0.245 e. The second-order valence-electron chi connectivity index (χ2n) is 6.04. The summed E-state index contributed by atoms with van der Waals surface area (Å²) < 4.78 is 5.16. The van der Waals surface area contributed by atoms with Crippen molar-refractivity contribution in [1.82, 2.24) is 9.80 Å². The van der Waals surface area contributed by atoms with Crippen LogP contribution in [0.25, 0.3) is 0 Å². The van der Waals surface area contributed by atoms with Gasteiger partial charge in [0.05, 0.1) is 7.11 Å². The van der Waals surface area contributed by atoms with Crippen LogP contribution in [0.3, 0.4) is 0 Å². The van der Waals surface area contributed by atoms with E-state index in [-0.39, 0.29) is 11.9 Å². The van der Waals surface area contributed by atoms with Crippen molar-refractivity contribution in [3.63, 3.8) is 0 Å². The summed E-state index contributed by atoms with van der Waals surface area (Å²) in [6.07, 6.45) is 4.13. The maximum atomic E-state index is 12.7. The number of carbonyl (C=O) groups is 1. The minimum atomic E-state index is -0.105. The number of amides is 1. The Kier molecular flexibility index (Phi) is 5.00. The Labute approximate surface area is 142 Å². The molecular formula is C17H23N3O2S. The van der Waals surface area contributed by atoms with Crippen LogP contribution in [0.1, 0.15) is 25.7 Å². The molecule has 2 saturated heterocycles. The molecule has 0 bridgehead atoms. The van der Waals surface area contributed by atoms with Crippen LogP contribution in [0.4, 0.5) is 5.69 Å². The minimum Gasteiger partial charge on any atom is -0.497 e. The fourth-order valence-electron chi connectivity index (χ4n) is 3.28. The number of likely N-dealkylation sites (tertiary alicyclic amines) is 2. The number of methoxy groups -OCH3 is 1. The van der Waals surface area contributed by atoms with Gasteiger partial charge in [-0.05, 0) is 62.2 Å². The molecule has 0 saturated carbocycles. The van der Waals surface area contributed by atoms with Crippen molar-refractivity contribution in [2.75, 3.05) is 32.1 Å². The summed E-state index contributed by atoms with van der Waals surface area (Å²) in [7, 11) is 1.64. The Bertz CT molecular complexity index is 570. The maximum absolute atomic E-state index is 12.7. The zero-order valence-corrected chi connectivity index (χ0v) is 14.3. The Balaban J connectivity index is 1.64. The molecule has 2 heterocycles. The minimum absolute atomic E-state index is 0.105. The van der Waals surface area contributed by atoms with E-state index in [9.17, 15) is 4.79 Å². The topological polar surface area (TPSA) is 44.8 Å². The van der Waals surface area contributed by atoms with Crippen LogP contribution in [-0.4, -0.2) is 53.6 Å². The number of nitrogens with one attached hydrogen (secondary N) is 1. The van der Waals surface area contributed by atoms with Gasteiger partial charge in [0.15, 0.2) is 5.11 Å². The zero-order valence-electron chi connectivity index (χ0n) is 13.5. The Hall–Kier alpha value is -1.82. The van der Waals surface area contributed by atoms with Gasteiger partial charge in [-0.15, -0.1) is 0 Å². The average Bonchev–Trinajstić information content (AvgIpc) is 3.26. The number of thiocarbonyl (C=S) groups is 1. The summed E-state index contributed by atoms with van der Waals surface area (Å²) in [5, 5.41) is 3.87. The third-order valence-electron chi connectivity index (χ3n) is 4.56. The molecule has 1 atom stereocenters. The molecule has 0 aromatic heterocycles. The first kappa shape index (κ1) is 16.1. The molecule has 124 valence electrons. The van der Waals surface area contributed by atoms with Crippen molar-refractivity contribution in [1.29, 1.82) is 0 Å². The summed E-state index contributed by atoms with van der Waals surface area (Å²) in [6.45, 7) is 2.62. The molecule has 0 aliphatic carbocycles. The lowest BCUT2D eigenvalue weighted by molar-refractivity contribution is -0.133. The third-order valence-corrected chi connectivity index (χ3v) is 4.89. The molecule has 2 aliphatic rings. The third kappa shape index (κ3) is 3.58. The zero-order chi connectivity index (χ0) is 16.2. The van der Waals surface area contributed by atoms with Crippen LogP contribution in [0.15, 0.2) is 24.3 Å². The second-order valence-corrected chi connectivity index (χ2v) is 6.43. The monoisotopic (exact) mass is 333 g/mol. The van der Waals surface area contributed by atoms with Crippen molar-refractivity contribution in [2.45, 2.75) is 31.7 Å². The summed E-state index contributed by atoms with van der Waals surface area (Å²) in [5.41, 5.74) is 0.912. The summed E-state index contributed by atoms with van der Waals surface area (Å²) in [5.74, 6) is 1.05. The largest absolute Gasteiger partial charge is 0.497 e. The van der Waals surface area contributed by atoms with E-state index in [4.69, 9.17) is 17.0 Å². The van der Waals surface area contributed by atoms with Gasteiger partial charge in [-0.3, -0.25) is 4.79 Å². The van der Waals surface area contributed by atoms with Gasteiger partial charge in [0.25, 0.3) is 0 Å². The van der Waals surface area contributed by atoms with Crippen LogP contribution in [-0.2, 0) is 4.79 Å². The van der Waals surface area contributed by atoms with E-state index < -0.39 is 0 Å². The van der Waals surface area contributed by atoms with Crippen LogP contribution >= 0.6 is 12.2 Å². The number of benzene rings is 1. The van der Waals surface area contributed by atoms with Gasteiger partial charge in [0, 0.05) is 25.3 Å². The highest BCUT2D eigenvalue weighted by molar-refractivity contribution is 7.80. The molecule has 5 nitrogen and oxygen atoms in total. The van der Waals surface area contributed by atoms with Gasteiger partial charge in [-0.25, -0.2) is 0 Å². The van der Waals surface area contributed by atoms with E-state index >= 15 is 0 Å². The summed E-state index contributed by atoms with van der Waals surface area (Å²) in [4.78, 5) is 16.7. The van der Waals surface area contributed by atoms with Gasteiger partial charge >= 0.3 is 0 Å². The van der Waals surface area contributed by atoms with Crippen molar-refractivity contribution < 1.29 is 9.53 Å². The number of hydrogen-bond donors (Lipinski definition) is 1. The molecule has 2 aliphatic heterocycles. The number of rotatable bonds is 3. The highest BCUT2D eigenvalue weighted by atomic mass is 32.1. The van der Waals surface area contributed by atoms with Crippen molar-refractivity contribution in [3.05, 3.63) is 24.3 Å². The Morgan fingerprint density at radius 2 is 1.87 bits per heavy atom. The first-order valence-corrected chi connectivity index (χ1v) is 8.60. The molecule has 0 radical (unpaired) electrons. The van der Waals surface area contributed by atoms with E-state index in [1.54, 1.807) is 7.11 Å². The van der Waals surface area contributed by atoms with E-state index in [0.29, 0.717) is 5.11 Å². The van der Waals surface area contributed by atoms with Crippen LogP contribution < -0.4 is 10.1 Å². The van der Waals surface area contributed by atoms with E-state index in [1.807, 2.05) is 34.1 Å². The van der Waals surface area contributed by atoms with Gasteiger partial charge in [0.2, 0.25) is 5.91 Å². The fraction of sp³-hybridized carbons (Fsp3) is 0.529. The lowest BCUT2D eigenvalue weighted by Gasteiger charge is -2.29. The average molecular weight is 333 g/mol. The Morgan fingerprint density at radius 3 is 2.52 bits per heavy atom. The van der Waals surface area contributed by atoms with Crippen molar-refractivity contribution in [3.8, 4) is 5.75 Å². The molecule has 1 aromatic carbocycles. The second kappa shape index (κ2) is 7.17. The molecular weight excluding hydrogens is 310 g/mol. The molecule has 1 N–H and O–H groups in total. The van der Waals surface area contributed by atoms with E-state index in [2.05, 4.69) is 5.32 Å². The first-order chi connectivity index (χ1) is 11.2. The molecule has 2 fully saturated rings. The molecule has 1 amide bonds. The van der Waals surface area contributed by atoms with Gasteiger partial charge in [0.1, 0.15) is 11.8 Å². The van der Waals surface area contributed by atoms with E-state index in [0.717, 1.165) is 56.8 Å². The molecule has 1 aromatic rings. The number of ether oxygens (including phenoxy) is 1. The molecule has 0 spiro atoms. The number of anilines is 1. The van der Waals surface area contributed by atoms with Crippen molar-refractivity contribution in [2.24, 2.45) is 0 Å². The fourth-order valence-corrected chi connectivity index (χ4v) is 3.62. The SMILES string of the molecule is COc1ccc(NC(=S)N2CCC[C@@H]2C(=O)N2CCCC2)cc1. The Morgan fingerprint density at radius 1 is 1.17 bits per heavy atom. The van der Waals surface area contributed by atoms with Crippen LogP contribution in [0.2, 0.25) is 0 Å². The molecule has 23 heavy (non-hydrogen) atoms. The lowest BCUT2D eigenvalue weighted by atomic mass is 10.2. The van der Waals surface area contributed by atoms with Gasteiger partial charge in [-0.1, -0.05) is 0 Å². The summed E-state index contributed by atoms with van der Waals surface area (Å²) in [6, 6.07) is 7.53. The van der Waals surface area contributed by atoms with E-state index in [1.165, 1.54) is 0 Å². The highest BCUT2D eigenvalue weighted by Gasteiger charge is 2.35. The summed E-state index contributed by atoms with van der Waals surface area (Å²) >= 11 is 5.54. The van der Waals surface area contributed by atoms with Crippen LogP contribution in [0.5, 0.6) is 5.75 Å². The quantitative estimate of drug-likeness (QED) is 0.861.